The number of nitrogens with zero attached hydrogens (tertiary/aromatic N) is 1. The van der Waals surface area contributed by atoms with Crippen molar-refractivity contribution in [3.8, 4) is 11.1 Å². The summed E-state index contributed by atoms with van der Waals surface area (Å²) < 4.78 is 27.5. The molecular formula is C32H26N2O3S. The van der Waals surface area contributed by atoms with Crippen molar-refractivity contribution in [3.05, 3.63) is 113 Å². The molecule has 7 rings (SSSR count). The van der Waals surface area contributed by atoms with Crippen LogP contribution in [0, 0.1) is 0 Å². The molecule has 1 aliphatic heterocycles. The van der Waals surface area contributed by atoms with E-state index < -0.39 is 10.0 Å². The Balaban J connectivity index is 1.15. The average molecular weight is 519 g/mol. The topological polar surface area (TPSA) is 70.2 Å². The normalized spacial score (nSPS) is 15.6. The van der Waals surface area contributed by atoms with Crippen molar-refractivity contribution >= 4 is 42.3 Å². The first-order valence-electron chi connectivity index (χ1n) is 12.9. The summed E-state index contributed by atoms with van der Waals surface area (Å²) in [5.74, 6) is 0.312. The van der Waals surface area contributed by atoms with E-state index in [-0.39, 0.29) is 10.5 Å². The highest BCUT2D eigenvalue weighted by Gasteiger charge is 2.30. The van der Waals surface area contributed by atoms with E-state index in [1.54, 1.807) is 0 Å². The van der Waals surface area contributed by atoms with Crippen LogP contribution in [-0.4, -0.2) is 30.8 Å². The van der Waals surface area contributed by atoms with E-state index in [0.29, 0.717) is 19.0 Å². The molecule has 6 heteroatoms. The van der Waals surface area contributed by atoms with Gasteiger partial charge in [0.25, 0.3) is 0 Å². The zero-order valence-corrected chi connectivity index (χ0v) is 21.5. The molecule has 38 heavy (non-hydrogen) atoms. The van der Waals surface area contributed by atoms with Gasteiger partial charge in [0.1, 0.15) is 0 Å². The Kier molecular flexibility index (Phi) is 5.35. The van der Waals surface area contributed by atoms with Crippen LogP contribution in [0.1, 0.15) is 24.3 Å². The summed E-state index contributed by atoms with van der Waals surface area (Å²) in [5.41, 5.74) is 3.34. The second-order valence-corrected chi connectivity index (χ2v) is 12.1. The van der Waals surface area contributed by atoms with Crippen molar-refractivity contribution in [3.63, 3.8) is 0 Å². The number of hydrogen-bond acceptors (Lipinski definition) is 3. The third-order valence-electron chi connectivity index (χ3n) is 8.07. The molecule has 0 unspecified atom stereocenters. The van der Waals surface area contributed by atoms with E-state index in [1.165, 1.54) is 71.6 Å². The van der Waals surface area contributed by atoms with Crippen LogP contribution < -0.4 is 5.56 Å². The fourth-order valence-electron chi connectivity index (χ4n) is 6.06. The lowest BCUT2D eigenvalue weighted by molar-refractivity contribution is 0.319. The maximum atomic E-state index is 13.0. The lowest BCUT2D eigenvalue weighted by Gasteiger charge is -2.31. The number of nitrogens with one attached hydrogen (secondary N) is 1. The number of piperidine rings is 1. The summed E-state index contributed by atoms with van der Waals surface area (Å²) in [6, 6.07) is 31.2. The zero-order valence-electron chi connectivity index (χ0n) is 20.7. The third kappa shape index (κ3) is 3.71. The molecule has 0 aliphatic carbocycles. The molecule has 1 aliphatic rings. The minimum Gasteiger partial charge on any atom is -0.328 e. The lowest BCUT2D eigenvalue weighted by Crippen LogP contribution is -2.38. The summed E-state index contributed by atoms with van der Waals surface area (Å²) in [4.78, 5) is 13.9. The summed E-state index contributed by atoms with van der Waals surface area (Å²) in [6.45, 7) is 0.922. The minimum absolute atomic E-state index is 0.133. The predicted octanol–water partition coefficient (Wildman–Crippen LogP) is 6.51. The van der Waals surface area contributed by atoms with Crippen molar-refractivity contribution in [2.45, 2.75) is 23.7 Å². The molecule has 188 valence electrons. The number of benzene rings is 5. The molecule has 0 bridgehead atoms. The summed E-state index contributed by atoms with van der Waals surface area (Å²) in [5, 5.41) is 7.69. The number of aromatic nitrogens is 1. The Labute approximate surface area is 220 Å². The molecule has 0 radical (unpaired) electrons. The highest BCUT2D eigenvalue weighted by molar-refractivity contribution is 7.89. The predicted molar refractivity (Wildman–Crippen MR) is 153 cm³/mol. The molecule has 1 saturated heterocycles. The molecule has 6 aromatic rings. The van der Waals surface area contributed by atoms with Crippen molar-refractivity contribution in [2.75, 3.05) is 13.1 Å². The van der Waals surface area contributed by atoms with Crippen LogP contribution in [0.25, 0.3) is 43.4 Å². The second kappa shape index (κ2) is 8.79. The van der Waals surface area contributed by atoms with Crippen LogP contribution in [-0.2, 0) is 10.0 Å². The van der Waals surface area contributed by atoms with Crippen LogP contribution in [0.5, 0.6) is 0 Å². The molecule has 1 fully saturated rings. The van der Waals surface area contributed by atoms with Gasteiger partial charge in [-0.1, -0.05) is 78.9 Å². The van der Waals surface area contributed by atoms with Gasteiger partial charge in [-0.2, -0.15) is 4.31 Å². The number of H-pyrrole nitrogens is 1. The fraction of sp³-hybridized carbons (Fsp3) is 0.156. The monoisotopic (exact) mass is 518 g/mol. The van der Waals surface area contributed by atoms with Crippen LogP contribution >= 0.6 is 0 Å². The van der Waals surface area contributed by atoms with Gasteiger partial charge in [-0.25, -0.2) is 8.42 Å². The van der Waals surface area contributed by atoms with Crippen LogP contribution in [0.15, 0.2) is 107 Å². The number of aromatic amines is 1. The highest BCUT2D eigenvalue weighted by Crippen LogP contribution is 2.40. The average Bonchev–Trinajstić information content (AvgIpc) is 2.96. The largest absolute Gasteiger partial charge is 0.328 e. The molecule has 1 N–H and O–H groups in total. The SMILES string of the molecule is O=c1ccc(S(=O)(=O)N2CCC(c3ccc(-c4ccc5ccc6cccc7ccc4c5c67)cc3)CC2)c[nH]1. The summed E-state index contributed by atoms with van der Waals surface area (Å²) >= 11 is 0. The first-order valence-corrected chi connectivity index (χ1v) is 14.4. The number of hydrogen-bond donors (Lipinski definition) is 1. The van der Waals surface area contributed by atoms with Gasteiger partial charge in [0, 0.05) is 25.4 Å². The quantitative estimate of drug-likeness (QED) is 0.271. The maximum absolute atomic E-state index is 13.0. The highest BCUT2D eigenvalue weighted by atomic mass is 32.2. The molecule has 0 saturated carbocycles. The van der Waals surface area contributed by atoms with Crippen LogP contribution in [0.4, 0.5) is 0 Å². The Morgan fingerprint density at radius 3 is 2.05 bits per heavy atom. The molecule has 0 spiro atoms. The number of pyridine rings is 1. The smallest absolute Gasteiger partial charge is 0.247 e. The van der Waals surface area contributed by atoms with Gasteiger partial charge in [0.15, 0.2) is 0 Å². The Morgan fingerprint density at radius 2 is 1.37 bits per heavy atom. The van der Waals surface area contributed by atoms with E-state index in [4.69, 9.17) is 0 Å². The van der Waals surface area contributed by atoms with E-state index >= 15 is 0 Å². The Bertz CT molecular complexity index is 1930. The number of rotatable bonds is 4. The van der Waals surface area contributed by atoms with Gasteiger partial charge in [-0.15, -0.1) is 0 Å². The summed E-state index contributed by atoms with van der Waals surface area (Å²) in [7, 11) is -3.61. The molecule has 0 atom stereocenters. The van der Waals surface area contributed by atoms with Gasteiger partial charge < -0.3 is 4.98 Å². The van der Waals surface area contributed by atoms with E-state index in [1.807, 2.05) is 0 Å². The van der Waals surface area contributed by atoms with Crippen molar-refractivity contribution in [2.24, 2.45) is 0 Å². The van der Waals surface area contributed by atoms with Gasteiger partial charge in [-0.3, -0.25) is 4.79 Å². The van der Waals surface area contributed by atoms with Crippen molar-refractivity contribution in [1.29, 1.82) is 0 Å². The number of sulfonamides is 1. The van der Waals surface area contributed by atoms with Gasteiger partial charge in [0.05, 0.1) is 4.90 Å². The summed E-state index contributed by atoms with van der Waals surface area (Å²) in [6.07, 6.45) is 2.81. The third-order valence-corrected chi connectivity index (χ3v) is 9.96. The molecule has 2 heterocycles. The van der Waals surface area contributed by atoms with Gasteiger partial charge in [-0.05, 0) is 73.8 Å². The molecule has 5 aromatic carbocycles. The molecule has 0 amide bonds. The maximum Gasteiger partial charge on any atom is 0.247 e. The Morgan fingerprint density at radius 1 is 0.711 bits per heavy atom. The fourth-order valence-corrected chi connectivity index (χ4v) is 7.49. The van der Waals surface area contributed by atoms with Crippen LogP contribution in [0.2, 0.25) is 0 Å². The van der Waals surface area contributed by atoms with E-state index in [0.717, 1.165) is 12.8 Å². The Hall–Kier alpha value is -4.00. The second-order valence-electron chi connectivity index (χ2n) is 10.2. The van der Waals surface area contributed by atoms with Crippen molar-refractivity contribution < 1.29 is 8.42 Å². The lowest BCUT2D eigenvalue weighted by atomic mass is 9.87. The molecule has 5 nitrogen and oxygen atoms in total. The van der Waals surface area contributed by atoms with Gasteiger partial charge in [0.2, 0.25) is 15.6 Å². The van der Waals surface area contributed by atoms with E-state index in [2.05, 4.69) is 83.8 Å². The standard InChI is InChI=1S/C32H26N2O3S/c35-30-15-12-27(20-33-30)38(36,37)34-18-16-22(17-19-34)21-4-6-23(7-5-21)28-13-10-26-9-8-24-2-1-3-25-11-14-29(28)32(26)31(24)25/h1-15,20,22H,16-19H2,(H,33,35). The zero-order chi connectivity index (χ0) is 25.9. The minimum atomic E-state index is -3.61. The molecule has 1 aromatic heterocycles. The van der Waals surface area contributed by atoms with Crippen LogP contribution in [0.3, 0.4) is 0 Å². The van der Waals surface area contributed by atoms with Crippen molar-refractivity contribution in [1.82, 2.24) is 9.29 Å². The first-order chi connectivity index (χ1) is 18.5. The first kappa shape index (κ1) is 23.1. The van der Waals surface area contributed by atoms with Gasteiger partial charge >= 0.3 is 0 Å². The van der Waals surface area contributed by atoms with E-state index in [9.17, 15) is 13.2 Å². The molecular weight excluding hydrogens is 492 g/mol.